The monoisotopic (exact) mass is 363 g/mol. The number of ether oxygens (including phenoxy) is 1. The summed E-state index contributed by atoms with van der Waals surface area (Å²) in [6, 6.07) is 5.54. The highest BCUT2D eigenvalue weighted by atomic mass is 35.5. The number of para-hydroxylation sites is 1. The van der Waals surface area contributed by atoms with E-state index in [0.29, 0.717) is 28.0 Å². The van der Waals surface area contributed by atoms with E-state index in [2.05, 4.69) is 24.8 Å². The fourth-order valence-electron chi connectivity index (χ4n) is 3.06. The second-order valence-corrected chi connectivity index (χ2v) is 6.46. The summed E-state index contributed by atoms with van der Waals surface area (Å²) in [5, 5.41) is 1.04. The third kappa shape index (κ3) is 2.76. The number of halogens is 2. The normalized spacial score (nSPS) is 17.6. The molecule has 24 heavy (non-hydrogen) atoms. The Morgan fingerprint density at radius 3 is 2.88 bits per heavy atom. The molecule has 0 bridgehead atoms. The quantitative estimate of drug-likeness (QED) is 0.765. The summed E-state index contributed by atoms with van der Waals surface area (Å²) in [5.41, 5.74) is 1.51. The maximum atomic E-state index is 6.17. The second kappa shape index (κ2) is 6.45. The molecule has 8 heteroatoms. The Kier molecular flexibility index (Phi) is 4.16. The molecule has 6 nitrogen and oxygen atoms in total. The third-order valence-corrected chi connectivity index (χ3v) is 4.79. The number of aromatic nitrogens is 4. The molecule has 1 atom stereocenters. The van der Waals surface area contributed by atoms with Crippen LogP contribution in [0, 0.1) is 0 Å². The summed E-state index contributed by atoms with van der Waals surface area (Å²) in [7, 11) is 0. The first-order valence-corrected chi connectivity index (χ1v) is 8.47. The van der Waals surface area contributed by atoms with Gasteiger partial charge in [-0.05, 0) is 25.0 Å². The number of imidazole rings is 1. The number of aromatic amines is 1. The molecule has 1 unspecified atom stereocenters. The minimum atomic E-state index is 0.193. The average Bonchev–Trinajstić information content (AvgIpc) is 3.23. The van der Waals surface area contributed by atoms with Crippen molar-refractivity contribution in [2.45, 2.75) is 18.9 Å². The van der Waals surface area contributed by atoms with Gasteiger partial charge in [-0.15, -0.1) is 0 Å². The molecule has 0 aliphatic carbocycles. The molecule has 3 aromatic rings. The largest absolute Gasteiger partial charge is 0.488 e. The Bertz CT molecular complexity index is 848. The topological polar surface area (TPSA) is 66.9 Å². The van der Waals surface area contributed by atoms with E-state index in [-0.39, 0.29) is 6.04 Å². The third-order valence-electron chi connectivity index (χ3n) is 4.19. The van der Waals surface area contributed by atoms with Crippen LogP contribution in [0.2, 0.25) is 10.0 Å². The van der Waals surface area contributed by atoms with Crippen LogP contribution in [0.25, 0.3) is 11.2 Å². The predicted molar refractivity (Wildman–Crippen MR) is 94.0 cm³/mol. The highest BCUT2D eigenvalue weighted by Crippen LogP contribution is 2.34. The van der Waals surface area contributed by atoms with Gasteiger partial charge in [0, 0.05) is 6.54 Å². The first kappa shape index (κ1) is 15.5. The van der Waals surface area contributed by atoms with Gasteiger partial charge in [0.1, 0.15) is 18.5 Å². The van der Waals surface area contributed by atoms with Gasteiger partial charge in [-0.2, -0.15) is 0 Å². The number of nitrogens with zero attached hydrogens (tertiary/aromatic N) is 4. The lowest BCUT2D eigenvalue weighted by molar-refractivity contribution is 0.288. The molecule has 1 fully saturated rings. The lowest BCUT2D eigenvalue weighted by atomic mass is 10.2. The zero-order chi connectivity index (χ0) is 16.5. The van der Waals surface area contributed by atoms with Gasteiger partial charge in [0.25, 0.3) is 0 Å². The van der Waals surface area contributed by atoms with Crippen LogP contribution >= 0.6 is 23.2 Å². The van der Waals surface area contributed by atoms with Crippen molar-refractivity contribution in [1.29, 1.82) is 0 Å². The maximum absolute atomic E-state index is 6.17. The highest BCUT2D eigenvalue weighted by Gasteiger charge is 2.28. The average molecular weight is 364 g/mol. The van der Waals surface area contributed by atoms with Gasteiger partial charge in [-0.25, -0.2) is 15.0 Å². The minimum Gasteiger partial charge on any atom is -0.488 e. The lowest BCUT2D eigenvalue weighted by Gasteiger charge is -2.26. The molecule has 1 aliphatic heterocycles. The van der Waals surface area contributed by atoms with Crippen LogP contribution in [0.3, 0.4) is 0 Å². The van der Waals surface area contributed by atoms with E-state index < -0.39 is 0 Å². The SMILES string of the molecule is Clc1cccc(Cl)c1OCC1CCCN1c1ncnc2nc[nH]c12. The Labute approximate surface area is 148 Å². The number of anilines is 1. The van der Waals surface area contributed by atoms with Crippen molar-refractivity contribution in [3.8, 4) is 5.75 Å². The second-order valence-electron chi connectivity index (χ2n) is 5.65. The standard InChI is InChI=1S/C16H15Cl2N5O/c17-11-4-1-5-12(18)14(11)24-7-10-3-2-6-23(10)16-13-15(20-8-19-13)21-9-22-16/h1,4-5,8-10H,2-3,6-7H2,(H,19,20,21,22). The van der Waals surface area contributed by atoms with Crippen molar-refractivity contribution in [3.63, 3.8) is 0 Å². The van der Waals surface area contributed by atoms with E-state index in [1.807, 2.05) is 0 Å². The molecule has 0 saturated carbocycles. The van der Waals surface area contributed by atoms with Crippen LogP contribution < -0.4 is 9.64 Å². The fraction of sp³-hybridized carbons (Fsp3) is 0.312. The first-order valence-electron chi connectivity index (χ1n) is 7.71. The number of rotatable bonds is 4. The minimum absolute atomic E-state index is 0.193. The van der Waals surface area contributed by atoms with Crippen molar-refractivity contribution in [2.24, 2.45) is 0 Å². The summed E-state index contributed by atoms with van der Waals surface area (Å²) in [4.78, 5) is 18.1. The van der Waals surface area contributed by atoms with Crippen LogP contribution in [0.4, 0.5) is 5.82 Å². The molecule has 4 rings (SSSR count). The maximum Gasteiger partial charge on any atom is 0.182 e. The van der Waals surface area contributed by atoms with Gasteiger partial charge < -0.3 is 14.6 Å². The van der Waals surface area contributed by atoms with Crippen LogP contribution in [-0.2, 0) is 0 Å². The summed E-state index contributed by atoms with van der Waals surface area (Å²) >= 11 is 12.3. The van der Waals surface area contributed by atoms with E-state index in [9.17, 15) is 0 Å². The van der Waals surface area contributed by atoms with Gasteiger partial charge in [-0.1, -0.05) is 29.3 Å². The number of hydrogen-bond donors (Lipinski definition) is 1. The van der Waals surface area contributed by atoms with E-state index in [1.54, 1.807) is 30.9 Å². The molecule has 1 aliphatic rings. The summed E-state index contributed by atoms with van der Waals surface area (Å²) < 4.78 is 5.92. The summed E-state index contributed by atoms with van der Waals surface area (Å²) in [6.07, 6.45) is 5.26. The number of H-pyrrole nitrogens is 1. The van der Waals surface area contributed by atoms with Crippen LogP contribution in [0.15, 0.2) is 30.9 Å². The Morgan fingerprint density at radius 1 is 1.21 bits per heavy atom. The first-order chi connectivity index (χ1) is 11.7. The molecule has 1 aromatic carbocycles. The van der Waals surface area contributed by atoms with E-state index >= 15 is 0 Å². The zero-order valence-corrected chi connectivity index (χ0v) is 14.3. The van der Waals surface area contributed by atoms with Gasteiger partial charge in [0.05, 0.1) is 22.4 Å². The highest BCUT2D eigenvalue weighted by molar-refractivity contribution is 6.37. The summed E-state index contributed by atoms with van der Waals surface area (Å²) in [6.45, 7) is 1.40. The lowest BCUT2D eigenvalue weighted by Crippen LogP contribution is -2.35. The number of fused-ring (bicyclic) bond motifs is 1. The van der Waals surface area contributed by atoms with Gasteiger partial charge in [-0.3, -0.25) is 0 Å². The van der Waals surface area contributed by atoms with Crippen molar-refractivity contribution >= 4 is 40.2 Å². The van der Waals surface area contributed by atoms with Gasteiger partial charge in [0.15, 0.2) is 17.2 Å². The Morgan fingerprint density at radius 2 is 2.04 bits per heavy atom. The van der Waals surface area contributed by atoms with Crippen LogP contribution in [-0.4, -0.2) is 39.1 Å². The molecule has 124 valence electrons. The van der Waals surface area contributed by atoms with E-state index in [0.717, 1.165) is 30.7 Å². The van der Waals surface area contributed by atoms with E-state index in [4.69, 9.17) is 27.9 Å². The molecule has 2 aromatic heterocycles. The molecule has 0 spiro atoms. The Balaban J connectivity index is 1.56. The molecular weight excluding hydrogens is 349 g/mol. The van der Waals surface area contributed by atoms with Gasteiger partial charge >= 0.3 is 0 Å². The van der Waals surface area contributed by atoms with Crippen molar-refractivity contribution < 1.29 is 4.74 Å². The summed E-state index contributed by atoms with van der Waals surface area (Å²) in [5.74, 6) is 1.39. The smallest absolute Gasteiger partial charge is 0.182 e. The van der Waals surface area contributed by atoms with Crippen molar-refractivity contribution in [3.05, 3.63) is 40.9 Å². The number of hydrogen-bond acceptors (Lipinski definition) is 5. The van der Waals surface area contributed by atoms with E-state index in [1.165, 1.54) is 0 Å². The number of nitrogens with one attached hydrogen (secondary N) is 1. The van der Waals surface area contributed by atoms with Crippen molar-refractivity contribution in [2.75, 3.05) is 18.1 Å². The van der Waals surface area contributed by atoms with Crippen molar-refractivity contribution in [1.82, 2.24) is 19.9 Å². The molecule has 1 saturated heterocycles. The molecular formula is C16H15Cl2N5O. The molecule has 0 amide bonds. The molecule has 3 heterocycles. The fourth-order valence-corrected chi connectivity index (χ4v) is 3.56. The predicted octanol–water partition coefficient (Wildman–Crippen LogP) is 3.71. The number of benzene rings is 1. The van der Waals surface area contributed by atoms with Gasteiger partial charge in [0.2, 0.25) is 0 Å². The van der Waals surface area contributed by atoms with Crippen LogP contribution in [0.1, 0.15) is 12.8 Å². The molecule has 0 radical (unpaired) electrons. The zero-order valence-electron chi connectivity index (χ0n) is 12.7. The van der Waals surface area contributed by atoms with Crippen LogP contribution in [0.5, 0.6) is 5.75 Å². The Hall–Kier alpha value is -2.05. The molecule has 1 N–H and O–H groups in total.